The third kappa shape index (κ3) is 2.74. The number of para-hydroxylation sites is 1. The maximum atomic E-state index is 13.4. The first kappa shape index (κ1) is 12.3. The Kier molecular flexibility index (Phi) is 3.72. The van der Waals surface area contributed by atoms with E-state index in [4.69, 9.17) is 4.74 Å². The largest absolute Gasteiger partial charge is 0.485 e. The lowest BCUT2D eigenvalue weighted by Gasteiger charge is -2.08. The number of benzene rings is 2. The number of ether oxygens (including phenoxy) is 1. The Morgan fingerprint density at radius 1 is 1.11 bits per heavy atom. The van der Waals surface area contributed by atoms with Gasteiger partial charge in [-0.25, -0.2) is 4.39 Å². The van der Waals surface area contributed by atoms with Gasteiger partial charge in [-0.2, -0.15) is 0 Å². The van der Waals surface area contributed by atoms with Crippen molar-refractivity contribution in [1.29, 1.82) is 0 Å². The molecule has 0 spiro atoms. The lowest BCUT2D eigenvalue weighted by molar-refractivity contribution is 0.0917. The second-order valence-electron chi connectivity index (χ2n) is 3.96. The van der Waals surface area contributed by atoms with Crippen molar-refractivity contribution in [3.8, 4) is 5.75 Å². The van der Waals surface area contributed by atoms with Crippen LogP contribution in [0.3, 0.4) is 0 Å². The van der Waals surface area contributed by atoms with E-state index >= 15 is 0 Å². The summed E-state index contributed by atoms with van der Waals surface area (Å²) in [6.07, 6.45) is 0. The molecule has 2 aromatic carbocycles. The molecule has 0 aliphatic heterocycles. The molecule has 0 bridgehead atoms. The van der Waals surface area contributed by atoms with Gasteiger partial charge in [0.05, 0.1) is 5.56 Å². The first-order chi connectivity index (χ1) is 8.68. The predicted octanol–water partition coefficient (Wildman–Crippen LogP) is 3.40. The van der Waals surface area contributed by atoms with Gasteiger partial charge in [0.15, 0.2) is 6.61 Å². The third-order valence-electron chi connectivity index (χ3n) is 2.63. The number of hydrogen-bond donors (Lipinski definition) is 0. The van der Waals surface area contributed by atoms with Crippen molar-refractivity contribution in [2.45, 2.75) is 6.92 Å². The van der Waals surface area contributed by atoms with Gasteiger partial charge in [0, 0.05) is 0 Å². The van der Waals surface area contributed by atoms with Gasteiger partial charge >= 0.3 is 0 Å². The van der Waals surface area contributed by atoms with Crippen LogP contribution in [0.15, 0.2) is 48.5 Å². The Morgan fingerprint density at radius 2 is 1.78 bits per heavy atom. The lowest BCUT2D eigenvalue weighted by Crippen LogP contribution is -2.13. The minimum absolute atomic E-state index is 0.0612. The van der Waals surface area contributed by atoms with E-state index in [0.29, 0.717) is 5.75 Å². The van der Waals surface area contributed by atoms with Gasteiger partial charge in [-0.05, 0) is 30.7 Å². The van der Waals surface area contributed by atoms with Gasteiger partial charge in [0.2, 0.25) is 5.78 Å². The number of aryl methyl sites for hydroxylation is 1. The molecule has 0 N–H and O–H groups in total. The summed E-state index contributed by atoms with van der Waals surface area (Å²) in [4.78, 5) is 11.8. The molecule has 0 unspecified atom stereocenters. The third-order valence-corrected chi connectivity index (χ3v) is 2.63. The standard InChI is InChI=1S/C15H13FO2/c1-11-6-2-5-9-15(11)18-10-14(17)12-7-3-4-8-13(12)16/h2-9H,10H2,1H3. The Balaban J connectivity index is 2.06. The highest BCUT2D eigenvalue weighted by Gasteiger charge is 2.11. The quantitative estimate of drug-likeness (QED) is 0.770. The van der Waals surface area contributed by atoms with Crippen molar-refractivity contribution in [2.24, 2.45) is 0 Å². The van der Waals surface area contributed by atoms with Crippen molar-refractivity contribution in [1.82, 2.24) is 0 Å². The summed E-state index contributed by atoms with van der Waals surface area (Å²) in [5.74, 6) is -0.241. The van der Waals surface area contributed by atoms with E-state index in [1.54, 1.807) is 18.2 Å². The topological polar surface area (TPSA) is 26.3 Å². The Labute approximate surface area is 105 Å². The molecule has 0 atom stereocenters. The number of ketones is 1. The fourth-order valence-electron chi connectivity index (χ4n) is 1.63. The summed E-state index contributed by atoms with van der Waals surface area (Å²) < 4.78 is 18.8. The number of hydrogen-bond acceptors (Lipinski definition) is 2. The van der Waals surface area contributed by atoms with Crippen LogP contribution in [0.4, 0.5) is 4.39 Å². The molecule has 0 saturated carbocycles. The summed E-state index contributed by atoms with van der Waals surface area (Å²) in [7, 11) is 0. The van der Waals surface area contributed by atoms with Gasteiger partial charge < -0.3 is 4.74 Å². The summed E-state index contributed by atoms with van der Waals surface area (Å²) in [5, 5.41) is 0. The van der Waals surface area contributed by atoms with Crippen molar-refractivity contribution in [3.05, 3.63) is 65.5 Å². The zero-order chi connectivity index (χ0) is 13.0. The maximum Gasteiger partial charge on any atom is 0.203 e. The van der Waals surface area contributed by atoms with Crippen LogP contribution in [0.1, 0.15) is 15.9 Å². The van der Waals surface area contributed by atoms with Crippen LogP contribution in [0.2, 0.25) is 0 Å². The van der Waals surface area contributed by atoms with E-state index in [0.717, 1.165) is 5.56 Å². The smallest absolute Gasteiger partial charge is 0.203 e. The van der Waals surface area contributed by atoms with Crippen molar-refractivity contribution < 1.29 is 13.9 Å². The number of Topliss-reactive ketones (excluding diaryl/α,β-unsaturated/α-hetero) is 1. The Morgan fingerprint density at radius 3 is 2.50 bits per heavy atom. The molecular formula is C15H13FO2. The second kappa shape index (κ2) is 5.45. The molecule has 0 heterocycles. The van der Waals surface area contributed by atoms with Crippen molar-refractivity contribution in [2.75, 3.05) is 6.61 Å². The van der Waals surface area contributed by atoms with Crippen LogP contribution in [0, 0.1) is 12.7 Å². The second-order valence-corrected chi connectivity index (χ2v) is 3.96. The molecule has 0 aromatic heterocycles. The molecule has 0 saturated heterocycles. The average molecular weight is 244 g/mol. The summed E-state index contributed by atoms with van der Waals surface area (Å²) in [6, 6.07) is 13.3. The van der Waals surface area contributed by atoms with Crippen molar-refractivity contribution >= 4 is 5.78 Å². The molecule has 2 nitrogen and oxygen atoms in total. The summed E-state index contributed by atoms with van der Waals surface area (Å²) in [6.45, 7) is 1.73. The lowest BCUT2D eigenvalue weighted by atomic mass is 10.1. The highest BCUT2D eigenvalue weighted by Crippen LogP contribution is 2.16. The molecule has 2 rings (SSSR count). The number of carbonyl (C=O) groups excluding carboxylic acids is 1. The molecular weight excluding hydrogens is 231 g/mol. The van der Waals surface area contributed by atoms with Gasteiger partial charge in [-0.1, -0.05) is 30.3 Å². The first-order valence-electron chi connectivity index (χ1n) is 5.64. The highest BCUT2D eigenvalue weighted by atomic mass is 19.1. The number of rotatable bonds is 4. The Bertz CT molecular complexity index is 564. The van der Waals surface area contributed by atoms with Crippen LogP contribution in [-0.4, -0.2) is 12.4 Å². The Hall–Kier alpha value is -2.16. The van der Waals surface area contributed by atoms with Crippen LogP contribution in [-0.2, 0) is 0 Å². The van der Waals surface area contributed by atoms with Crippen LogP contribution >= 0.6 is 0 Å². The normalized spacial score (nSPS) is 10.1. The summed E-state index contributed by atoms with van der Waals surface area (Å²) >= 11 is 0. The van der Waals surface area contributed by atoms with Crippen molar-refractivity contribution in [3.63, 3.8) is 0 Å². The predicted molar refractivity (Wildman–Crippen MR) is 67.4 cm³/mol. The first-order valence-corrected chi connectivity index (χ1v) is 5.64. The van der Waals surface area contributed by atoms with Gasteiger partial charge in [-0.15, -0.1) is 0 Å². The van der Waals surface area contributed by atoms with Gasteiger partial charge in [0.1, 0.15) is 11.6 Å². The zero-order valence-electron chi connectivity index (χ0n) is 10.0. The monoisotopic (exact) mass is 244 g/mol. The average Bonchev–Trinajstić information content (AvgIpc) is 2.38. The molecule has 0 aliphatic carbocycles. The van der Waals surface area contributed by atoms with E-state index < -0.39 is 5.82 Å². The van der Waals surface area contributed by atoms with E-state index in [-0.39, 0.29) is 18.0 Å². The van der Waals surface area contributed by atoms with E-state index in [1.807, 2.05) is 25.1 Å². The maximum absolute atomic E-state index is 13.4. The van der Waals surface area contributed by atoms with E-state index in [9.17, 15) is 9.18 Å². The highest BCUT2D eigenvalue weighted by molar-refractivity contribution is 5.97. The molecule has 0 radical (unpaired) electrons. The SMILES string of the molecule is Cc1ccccc1OCC(=O)c1ccccc1F. The van der Waals surface area contributed by atoms with E-state index in [2.05, 4.69) is 0 Å². The number of halogens is 1. The fourth-order valence-corrected chi connectivity index (χ4v) is 1.63. The van der Waals surface area contributed by atoms with Crippen LogP contribution in [0.5, 0.6) is 5.75 Å². The van der Waals surface area contributed by atoms with Gasteiger partial charge in [-0.3, -0.25) is 4.79 Å². The molecule has 3 heteroatoms. The molecule has 2 aromatic rings. The van der Waals surface area contributed by atoms with Crippen LogP contribution < -0.4 is 4.74 Å². The van der Waals surface area contributed by atoms with E-state index in [1.165, 1.54) is 12.1 Å². The number of carbonyl (C=O) groups is 1. The molecule has 92 valence electrons. The summed E-state index contributed by atoms with van der Waals surface area (Å²) in [5.41, 5.74) is 1.00. The van der Waals surface area contributed by atoms with Gasteiger partial charge in [0.25, 0.3) is 0 Å². The minimum Gasteiger partial charge on any atom is -0.485 e. The molecule has 0 fully saturated rings. The minimum atomic E-state index is -0.518. The van der Waals surface area contributed by atoms with Crippen LogP contribution in [0.25, 0.3) is 0 Å². The fraction of sp³-hybridized carbons (Fsp3) is 0.133. The molecule has 0 amide bonds. The molecule has 0 aliphatic rings. The molecule has 18 heavy (non-hydrogen) atoms. The zero-order valence-corrected chi connectivity index (χ0v) is 10.0.